The van der Waals surface area contributed by atoms with Crippen molar-refractivity contribution in [1.82, 2.24) is 20.2 Å². The number of anilines is 1. The molecule has 0 bridgehead atoms. The van der Waals surface area contributed by atoms with Gasteiger partial charge in [-0.3, -0.25) is 9.35 Å². The van der Waals surface area contributed by atoms with Crippen LogP contribution >= 0.6 is 11.6 Å². The summed E-state index contributed by atoms with van der Waals surface area (Å²) in [5, 5.41) is 14.4. The SMILES string of the molecule is CC(C)NC[C@@H](C(=O)N1CCN(c2ncnc3c2[C@H](C)C[C@H]3O)CC1)c1ccc(Cl)cc1.O=S(=O)(O)c1ccccc1. The van der Waals surface area contributed by atoms with Crippen molar-refractivity contribution in [2.24, 2.45) is 0 Å². The van der Waals surface area contributed by atoms with E-state index in [9.17, 15) is 18.3 Å². The first-order valence-electron chi connectivity index (χ1n) is 14.0. The molecule has 226 valence electrons. The van der Waals surface area contributed by atoms with E-state index < -0.39 is 16.2 Å². The van der Waals surface area contributed by atoms with E-state index in [1.165, 1.54) is 12.1 Å². The highest BCUT2D eigenvalue weighted by molar-refractivity contribution is 7.85. The van der Waals surface area contributed by atoms with Crippen LogP contribution in [0, 0.1) is 0 Å². The second-order valence-electron chi connectivity index (χ2n) is 10.9. The Hall–Kier alpha value is -3.09. The molecule has 0 saturated carbocycles. The molecule has 0 spiro atoms. The molecule has 1 fully saturated rings. The molecule has 1 amide bonds. The number of halogens is 1. The summed E-state index contributed by atoms with van der Waals surface area (Å²) >= 11 is 6.06. The van der Waals surface area contributed by atoms with E-state index in [-0.39, 0.29) is 22.6 Å². The Balaban J connectivity index is 0.000000343. The first-order chi connectivity index (χ1) is 20.0. The molecule has 0 unspecified atom stereocenters. The highest BCUT2D eigenvalue weighted by Gasteiger charge is 2.35. The standard InChI is InChI=1S/C24H32ClN5O2.C6H6O3S/c1-15(2)26-13-19(17-4-6-18(25)7-5-17)24(32)30-10-8-29(9-11-30)23-21-16(3)12-20(31)22(21)27-14-28-23;7-10(8,9)6-4-2-1-3-5-6/h4-7,14-16,19-20,26,31H,8-13H2,1-3H3;1-5H,(H,7,8,9)/t16-,19-,20-;/m1./s1. The summed E-state index contributed by atoms with van der Waals surface area (Å²) in [6.07, 6.45) is 1.71. The molecule has 1 aliphatic heterocycles. The second kappa shape index (κ2) is 13.9. The molecule has 3 atom stereocenters. The van der Waals surface area contributed by atoms with Gasteiger partial charge in [0, 0.05) is 49.4 Å². The van der Waals surface area contributed by atoms with E-state index in [0.717, 1.165) is 22.6 Å². The number of piperazine rings is 1. The van der Waals surface area contributed by atoms with Crippen molar-refractivity contribution in [3.8, 4) is 0 Å². The largest absolute Gasteiger partial charge is 0.387 e. The smallest absolute Gasteiger partial charge is 0.294 e. The zero-order valence-electron chi connectivity index (χ0n) is 24.0. The number of amides is 1. The highest BCUT2D eigenvalue weighted by atomic mass is 35.5. The maximum atomic E-state index is 13.5. The number of fused-ring (bicyclic) bond motifs is 1. The fraction of sp³-hybridized carbons (Fsp3) is 0.433. The number of nitrogens with one attached hydrogen (secondary N) is 1. The Morgan fingerprint density at radius 1 is 1.05 bits per heavy atom. The number of benzene rings is 2. The van der Waals surface area contributed by atoms with Crippen LogP contribution in [0.1, 0.15) is 62.0 Å². The molecule has 0 radical (unpaired) electrons. The van der Waals surface area contributed by atoms with Crippen molar-refractivity contribution >= 4 is 33.4 Å². The molecule has 3 N–H and O–H groups in total. The van der Waals surface area contributed by atoms with Crippen molar-refractivity contribution in [3.05, 3.63) is 82.8 Å². The van der Waals surface area contributed by atoms with Crippen LogP contribution in [-0.4, -0.2) is 77.6 Å². The fourth-order valence-electron chi connectivity index (χ4n) is 5.30. The minimum absolute atomic E-state index is 0.0741. The van der Waals surface area contributed by atoms with E-state index in [0.29, 0.717) is 50.2 Å². The van der Waals surface area contributed by atoms with Gasteiger partial charge in [0.25, 0.3) is 10.1 Å². The Kier molecular flexibility index (Phi) is 10.6. The van der Waals surface area contributed by atoms with Crippen LogP contribution in [0.5, 0.6) is 0 Å². The van der Waals surface area contributed by atoms with Gasteiger partial charge in [-0.2, -0.15) is 8.42 Å². The van der Waals surface area contributed by atoms with Crippen molar-refractivity contribution in [2.75, 3.05) is 37.6 Å². The summed E-state index contributed by atoms with van der Waals surface area (Å²) in [5.74, 6) is 1.02. The normalized spacial score (nSPS) is 19.2. The van der Waals surface area contributed by atoms with Crippen molar-refractivity contribution < 1.29 is 22.9 Å². The quantitative estimate of drug-likeness (QED) is 0.337. The predicted molar refractivity (Wildman–Crippen MR) is 162 cm³/mol. The average Bonchev–Trinajstić information content (AvgIpc) is 3.27. The Bertz CT molecular complexity index is 1450. The lowest BCUT2D eigenvalue weighted by Gasteiger charge is -2.38. The van der Waals surface area contributed by atoms with Crippen molar-refractivity contribution in [2.45, 2.75) is 56.1 Å². The summed E-state index contributed by atoms with van der Waals surface area (Å²) in [6.45, 7) is 9.57. The van der Waals surface area contributed by atoms with Gasteiger partial charge in [0.15, 0.2) is 0 Å². The van der Waals surface area contributed by atoms with Crippen LogP contribution < -0.4 is 10.2 Å². The van der Waals surface area contributed by atoms with Gasteiger partial charge >= 0.3 is 0 Å². The number of aromatic nitrogens is 2. The third kappa shape index (κ3) is 7.84. The molecule has 5 rings (SSSR count). The van der Waals surface area contributed by atoms with Gasteiger partial charge in [0.2, 0.25) is 5.91 Å². The molecular formula is C30H38ClN5O5S. The second-order valence-corrected chi connectivity index (χ2v) is 12.8. The van der Waals surface area contributed by atoms with E-state index >= 15 is 0 Å². The zero-order valence-corrected chi connectivity index (χ0v) is 25.6. The van der Waals surface area contributed by atoms with Gasteiger partial charge < -0.3 is 20.2 Å². The Morgan fingerprint density at radius 2 is 1.69 bits per heavy atom. The van der Waals surface area contributed by atoms with E-state index in [4.69, 9.17) is 16.2 Å². The minimum Gasteiger partial charge on any atom is -0.387 e. The van der Waals surface area contributed by atoms with E-state index in [1.54, 1.807) is 24.5 Å². The molecular weight excluding hydrogens is 578 g/mol. The van der Waals surface area contributed by atoms with Gasteiger partial charge in [-0.05, 0) is 42.2 Å². The lowest BCUT2D eigenvalue weighted by atomic mass is 9.96. The maximum Gasteiger partial charge on any atom is 0.294 e. The summed E-state index contributed by atoms with van der Waals surface area (Å²) in [7, 11) is -4.00. The van der Waals surface area contributed by atoms with Gasteiger partial charge in [0.05, 0.1) is 22.6 Å². The summed E-state index contributed by atoms with van der Waals surface area (Å²) in [6, 6.07) is 15.3. The van der Waals surface area contributed by atoms with Crippen LogP contribution in [0.15, 0.2) is 65.8 Å². The number of rotatable bonds is 7. The predicted octanol–water partition coefficient (Wildman–Crippen LogP) is 4.03. The first-order valence-corrected chi connectivity index (χ1v) is 15.9. The van der Waals surface area contributed by atoms with Crippen molar-refractivity contribution in [3.63, 3.8) is 0 Å². The third-order valence-corrected chi connectivity index (χ3v) is 8.63. The Labute approximate surface area is 252 Å². The lowest BCUT2D eigenvalue weighted by molar-refractivity contribution is -0.133. The average molecular weight is 616 g/mol. The molecule has 2 aromatic carbocycles. The maximum absolute atomic E-state index is 13.5. The topological polar surface area (TPSA) is 136 Å². The number of carbonyl (C=O) groups is 1. The van der Waals surface area contributed by atoms with E-state index in [1.807, 2.05) is 29.2 Å². The third-order valence-electron chi connectivity index (χ3n) is 7.51. The minimum atomic E-state index is -4.00. The molecule has 1 saturated heterocycles. The van der Waals surface area contributed by atoms with E-state index in [2.05, 4.69) is 41.0 Å². The first kappa shape index (κ1) is 31.8. The van der Waals surface area contributed by atoms with Gasteiger partial charge in [-0.25, -0.2) is 9.97 Å². The lowest BCUT2D eigenvalue weighted by Crippen LogP contribution is -2.51. The number of aliphatic hydroxyl groups is 1. The van der Waals surface area contributed by atoms with Crippen molar-refractivity contribution in [1.29, 1.82) is 0 Å². The number of hydrogen-bond acceptors (Lipinski definition) is 8. The van der Waals surface area contributed by atoms with Crippen LogP contribution in [0.3, 0.4) is 0 Å². The molecule has 2 aliphatic rings. The number of aliphatic hydroxyl groups excluding tert-OH is 1. The number of carbonyl (C=O) groups excluding carboxylic acids is 1. The van der Waals surface area contributed by atoms with Crippen LogP contribution in [0.4, 0.5) is 5.82 Å². The molecule has 42 heavy (non-hydrogen) atoms. The molecule has 1 aromatic heterocycles. The molecule has 3 aromatic rings. The van der Waals surface area contributed by atoms with Gasteiger partial charge in [-0.1, -0.05) is 62.7 Å². The van der Waals surface area contributed by atoms with Crippen LogP contribution in [-0.2, 0) is 14.9 Å². The molecule has 12 heteroatoms. The highest BCUT2D eigenvalue weighted by Crippen LogP contribution is 2.42. The molecule has 10 nitrogen and oxygen atoms in total. The molecule has 2 heterocycles. The van der Waals surface area contributed by atoms with Gasteiger partial charge in [-0.15, -0.1) is 0 Å². The van der Waals surface area contributed by atoms with Gasteiger partial charge in [0.1, 0.15) is 12.1 Å². The van der Waals surface area contributed by atoms with Crippen LogP contribution in [0.25, 0.3) is 0 Å². The zero-order chi connectivity index (χ0) is 30.4. The van der Waals surface area contributed by atoms with Crippen LogP contribution in [0.2, 0.25) is 5.02 Å². The summed E-state index contributed by atoms with van der Waals surface area (Å²) in [5.41, 5.74) is 2.79. The summed E-state index contributed by atoms with van der Waals surface area (Å²) < 4.78 is 29.2. The summed E-state index contributed by atoms with van der Waals surface area (Å²) in [4.78, 5) is 26.5. The monoisotopic (exact) mass is 615 g/mol. The fourth-order valence-corrected chi connectivity index (χ4v) is 5.93. The number of nitrogens with zero attached hydrogens (tertiary/aromatic N) is 4. The Morgan fingerprint density at radius 3 is 2.26 bits per heavy atom. The molecule has 1 aliphatic carbocycles. The number of hydrogen-bond donors (Lipinski definition) is 3.